The molecule has 6 rings (SSSR count). The maximum absolute atomic E-state index is 13.2. The zero-order valence-electron chi connectivity index (χ0n) is 21.8. The number of amides is 1. The monoisotopic (exact) mass is 534 g/mol. The summed E-state index contributed by atoms with van der Waals surface area (Å²) in [5.41, 5.74) is 3.35. The van der Waals surface area contributed by atoms with Gasteiger partial charge in [0.1, 0.15) is 11.2 Å². The summed E-state index contributed by atoms with van der Waals surface area (Å²) < 4.78 is 21.8. The molecule has 0 bridgehead atoms. The van der Waals surface area contributed by atoms with Crippen LogP contribution in [0.25, 0.3) is 0 Å². The predicted molar refractivity (Wildman–Crippen MR) is 144 cm³/mol. The normalized spacial score (nSPS) is 19.6. The number of methoxy groups -OCH3 is 1. The predicted octanol–water partition coefficient (Wildman–Crippen LogP) is 5.71. The minimum absolute atomic E-state index is 0.0623. The fourth-order valence-corrected chi connectivity index (χ4v) is 6.69. The van der Waals surface area contributed by atoms with E-state index in [1.165, 1.54) is 17.6 Å². The molecule has 38 heavy (non-hydrogen) atoms. The third-order valence-corrected chi connectivity index (χ3v) is 8.79. The first kappa shape index (κ1) is 24.6. The van der Waals surface area contributed by atoms with Crippen LogP contribution < -0.4 is 29.6 Å². The van der Waals surface area contributed by atoms with E-state index in [9.17, 15) is 9.59 Å². The molecule has 1 aromatic heterocycles. The summed E-state index contributed by atoms with van der Waals surface area (Å²) in [4.78, 5) is 27.3. The van der Waals surface area contributed by atoms with E-state index in [-0.39, 0.29) is 23.9 Å². The van der Waals surface area contributed by atoms with Gasteiger partial charge in [0.05, 0.1) is 18.2 Å². The summed E-state index contributed by atoms with van der Waals surface area (Å²) in [5, 5.41) is 7.52. The summed E-state index contributed by atoms with van der Waals surface area (Å²) >= 11 is 1.70. The van der Waals surface area contributed by atoms with Crippen LogP contribution in [0.2, 0.25) is 0 Å². The van der Waals surface area contributed by atoms with Gasteiger partial charge in [-0.3, -0.25) is 4.79 Å². The van der Waals surface area contributed by atoms with Crippen molar-refractivity contribution < 1.29 is 28.5 Å². The molecule has 2 aromatic carbocycles. The number of esters is 1. The van der Waals surface area contributed by atoms with Gasteiger partial charge in [-0.2, -0.15) is 0 Å². The Balaban J connectivity index is 1.21. The minimum atomic E-state index is -0.541. The number of fused-ring (bicyclic) bond motifs is 4. The Labute approximate surface area is 225 Å². The van der Waals surface area contributed by atoms with E-state index >= 15 is 0 Å². The second kappa shape index (κ2) is 9.23. The Kier molecular flexibility index (Phi) is 5.98. The summed E-state index contributed by atoms with van der Waals surface area (Å²) in [6.07, 6.45) is 2.61. The first-order valence-electron chi connectivity index (χ1n) is 12.7. The first-order chi connectivity index (χ1) is 18.2. The molecule has 0 radical (unpaired) electrons. The number of thiophene rings is 1. The third kappa shape index (κ3) is 4.34. The first-order valence-corrected chi connectivity index (χ1v) is 13.5. The van der Waals surface area contributed by atoms with Crippen molar-refractivity contribution in [3.63, 3.8) is 0 Å². The lowest BCUT2D eigenvalue weighted by Gasteiger charge is -2.34. The SMILES string of the molecule is COc1cc([C@@H]2NC(=O)c3c(sc4c3CC[C@@H](C(C)(C)C)C4)N2)ccc1OC(=O)c1ccc2c(c1)OCO2. The van der Waals surface area contributed by atoms with E-state index in [1.54, 1.807) is 41.7 Å². The molecular weight excluding hydrogens is 504 g/mol. The molecule has 0 fully saturated rings. The molecule has 9 heteroatoms. The second-order valence-electron chi connectivity index (χ2n) is 10.9. The second-order valence-corrected chi connectivity index (χ2v) is 12.0. The topological polar surface area (TPSA) is 95.1 Å². The zero-order valence-corrected chi connectivity index (χ0v) is 22.6. The van der Waals surface area contributed by atoms with Gasteiger partial charge < -0.3 is 29.6 Å². The van der Waals surface area contributed by atoms with Crippen molar-refractivity contribution in [2.75, 3.05) is 19.2 Å². The lowest BCUT2D eigenvalue weighted by molar-refractivity contribution is 0.0729. The van der Waals surface area contributed by atoms with Gasteiger partial charge in [-0.05, 0) is 72.1 Å². The van der Waals surface area contributed by atoms with Crippen LogP contribution in [0.4, 0.5) is 5.00 Å². The van der Waals surface area contributed by atoms with Gasteiger partial charge in [-0.25, -0.2) is 4.79 Å². The van der Waals surface area contributed by atoms with Crippen LogP contribution in [0.3, 0.4) is 0 Å². The van der Waals surface area contributed by atoms with Crippen LogP contribution in [-0.2, 0) is 12.8 Å². The molecule has 2 N–H and O–H groups in total. The molecule has 2 aliphatic heterocycles. The molecule has 3 heterocycles. The van der Waals surface area contributed by atoms with Gasteiger partial charge in [-0.1, -0.05) is 26.8 Å². The molecule has 198 valence electrons. The summed E-state index contributed by atoms with van der Waals surface area (Å²) in [7, 11) is 1.51. The molecule has 0 saturated carbocycles. The highest BCUT2D eigenvalue weighted by molar-refractivity contribution is 7.16. The Morgan fingerprint density at radius 3 is 2.66 bits per heavy atom. The van der Waals surface area contributed by atoms with E-state index in [0.29, 0.717) is 28.7 Å². The fourth-order valence-electron chi connectivity index (χ4n) is 5.33. The molecule has 0 saturated heterocycles. The number of hydrogen-bond acceptors (Lipinski definition) is 8. The van der Waals surface area contributed by atoms with Crippen molar-refractivity contribution in [2.24, 2.45) is 11.3 Å². The summed E-state index contributed by atoms with van der Waals surface area (Å²) in [6, 6.07) is 10.2. The molecule has 2 atom stereocenters. The maximum atomic E-state index is 13.2. The maximum Gasteiger partial charge on any atom is 0.343 e. The lowest BCUT2D eigenvalue weighted by Crippen LogP contribution is -2.38. The summed E-state index contributed by atoms with van der Waals surface area (Å²) in [5.74, 6) is 1.76. The molecule has 3 aliphatic rings. The van der Waals surface area contributed by atoms with E-state index in [0.717, 1.165) is 35.4 Å². The molecule has 0 unspecified atom stereocenters. The van der Waals surface area contributed by atoms with Crippen molar-refractivity contribution in [2.45, 2.75) is 46.2 Å². The molecule has 3 aromatic rings. The van der Waals surface area contributed by atoms with Gasteiger partial charge in [-0.15, -0.1) is 11.3 Å². The highest BCUT2D eigenvalue weighted by atomic mass is 32.1. The molecule has 0 spiro atoms. The smallest absolute Gasteiger partial charge is 0.343 e. The Hall–Kier alpha value is -3.72. The van der Waals surface area contributed by atoms with Gasteiger partial charge in [0.15, 0.2) is 23.0 Å². The van der Waals surface area contributed by atoms with Crippen molar-refractivity contribution in [1.82, 2.24) is 5.32 Å². The van der Waals surface area contributed by atoms with Crippen molar-refractivity contribution in [3.05, 3.63) is 63.5 Å². The number of carbonyl (C=O) groups is 2. The average molecular weight is 535 g/mol. The Morgan fingerprint density at radius 1 is 1.05 bits per heavy atom. The highest BCUT2D eigenvalue weighted by Crippen LogP contribution is 2.46. The average Bonchev–Trinajstić information content (AvgIpc) is 3.51. The van der Waals surface area contributed by atoms with Crippen LogP contribution in [0.5, 0.6) is 23.0 Å². The van der Waals surface area contributed by atoms with E-state index < -0.39 is 12.1 Å². The number of benzene rings is 2. The zero-order chi connectivity index (χ0) is 26.6. The largest absolute Gasteiger partial charge is 0.493 e. The fraction of sp³-hybridized carbons (Fsp3) is 0.379. The molecule has 1 amide bonds. The van der Waals surface area contributed by atoms with Gasteiger partial charge in [0.25, 0.3) is 5.91 Å². The summed E-state index contributed by atoms with van der Waals surface area (Å²) in [6.45, 7) is 7.00. The molecule has 1 aliphatic carbocycles. The van der Waals surface area contributed by atoms with Crippen LogP contribution in [0.15, 0.2) is 36.4 Å². The number of carbonyl (C=O) groups excluding carboxylic acids is 2. The van der Waals surface area contributed by atoms with Crippen molar-refractivity contribution in [1.29, 1.82) is 0 Å². The lowest BCUT2D eigenvalue weighted by atomic mass is 9.72. The third-order valence-electron chi connectivity index (χ3n) is 7.60. The molecular formula is C29H30N2O6S. The van der Waals surface area contributed by atoms with Gasteiger partial charge in [0.2, 0.25) is 6.79 Å². The van der Waals surface area contributed by atoms with Crippen LogP contribution in [-0.4, -0.2) is 25.8 Å². The van der Waals surface area contributed by atoms with E-state index in [1.807, 2.05) is 6.07 Å². The van der Waals surface area contributed by atoms with Crippen molar-refractivity contribution in [3.8, 4) is 23.0 Å². The highest BCUT2D eigenvalue weighted by Gasteiger charge is 2.36. The number of anilines is 1. The van der Waals surface area contributed by atoms with Crippen LogP contribution >= 0.6 is 11.3 Å². The van der Waals surface area contributed by atoms with Crippen LogP contribution in [0, 0.1) is 11.3 Å². The number of rotatable bonds is 4. The van der Waals surface area contributed by atoms with E-state index in [2.05, 4.69) is 31.4 Å². The van der Waals surface area contributed by atoms with Crippen molar-refractivity contribution >= 4 is 28.2 Å². The van der Waals surface area contributed by atoms with E-state index in [4.69, 9.17) is 18.9 Å². The number of hydrogen-bond donors (Lipinski definition) is 2. The minimum Gasteiger partial charge on any atom is -0.493 e. The Morgan fingerprint density at radius 2 is 1.87 bits per heavy atom. The van der Waals surface area contributed by atoms with Gasteiger partial charge >= 0.3 is 5.97 Å². The number of ether oxygens (including phenoxy) is 4. The Bertz CT molecular complexity index is 1440. The number of nitrogens with one attached hydrogen (secondary N) is 2. The van der Waals surface area contributed by atoms with Crippen LogP contribution in [0.1, 0.15) is 70.1 Å². The quantitative estimate of drug-likeness (QED) is 0.327. The van der Waals surface area contributed by atoms with Gasteiger partial charge in [0, 0.05) is 4.88 Å². The molecule has 8 nitrogen and oxygen atoms in total. The standard InChI is InChI=1S/C29H30N2O6S/c1-29(2,3)17-7-8-18-23(13-17)38-27-24(18)26(32)30-25(31-27)15-5-10-20(21(11-15)34-4)37-28(33)16-6-9-19-22(12-16)36-14-35-19/h5-6,9-12,17,25,31H,7-8,13-14H2,1-4H3,(H,30,32)/t17-,25-/m1/s1.